The first-order chi connectivity index (χ1) is 10.7. The van der Waals surface area contributed by atoms with E-state index < -0.39 is 0 Å². The van der Waals surface area contributed by atoms with E-state index in [4.69, 9.17) is 14.2 Å². The number of methoxy groups -OCH3 is 3. The van der Waals surface area contributed by atoms with E-state index >= 15 is 0 Å². The molecule has 2 aromatic rings. The minimum absolute atomic E-state index is 0.595. The highest BCUT2D eigenvalue weighted by Crippen LogP contribution is 2.38. The van der Waals surface area contributed by atoms with Crippen LogP contribution in [-0.2, 0) is 0 Å². The third kappa shape index (κ3) is 3.50. The summed E-state index contributed by atoms with van der Waals surface area (Å²) in [5.74, 6) is 1.88. The van der Waals surface area contributed by atoms with Crippen molar-refractivity contribution in [1.29, 1.82) is 0 Å². The molecular formula is C19H20O3. The average molecular weight is 296 g/mol. The summed E-state index contributed by atoms with van der Waals surface area (Å²) in [6.07, 6.45) is 5.87. The number of ether oxygens (including phenoxy) is 3. The van der Waals surface area contributed by atoms with E-state index in [1.807, 2.05) is 54.6 Å². The lowest BCUT2D eigenvalue weighted by Crippen LogP contribution is -1.95. The van der Waals surface area contributed by atoms with Crippen molar-refractivity contribution in [2.24, 2.45) is 0 Å². The first kappa shape index (κ1) is 15.7. The summed E-state index contributed by atoms with van der Waals surface area (Å²) in [7, 11) is 4.81. The quantitative estimate of drug-likeness (QED) is 0.733. The molecule has 22 heavy (non-hydrogen) atoms. The van der Waals surface area contributed by atoms with Gasteiger partial charge in [-0.3, -0.25) is 0 Å². The molecular weight excluding hydrogens is 276 g/mol. The van der Waals surface area contributed by atoms with Gasteiger partial charge in [0.25, 0.3) is 0 Å². The van der Waals surface area contributed by atoms with Gasteiger partial charge < -0.3 is 14.2 Å². The second-order valence-electron chi connectivity index (χ2n) is 4.66. The molecule has 2 rings (SSSR count). The molecule has 0 bridgehead atoms. The monoisotopic (exact) mass is 296 g/mol. The van der Waals surface area contributed by atoms with Crippen LogP contribution in [-0.4, -0.2) is 21.3 Å². The SMILES string of the molecule is C=Cc1ccc(/C=C/c2cc(OC)c(OC)c(OC)c2)cc1. The Kier molecular flexibility index (Phi) is 5.26. The predicted octanol–water partition coefficient (Wildman–Crippen LogP) is 4.53. The van der Waals surface area contributed by atoms with Crippen LogP contribution in [0.1, 0.15) is 16.7 Å². The van der Waals surface area contributed by atoms with Gasteiger partial charge in [0.2, 0.25) is 5.75 Å². The van der Waals surface area contributed by atoms with Gasteiger partial charge >= 0.3 is 0 Å². The lowest BCUT2D eigenvalue weighted by atomic mass is 10.1. The van der Waals surface area contributed by atoms with Crippen LogP contribution < -0.4 is 14.2 Å². The summed E-state index contributed by atoms with van der Waals surface area (Å²) >= 11 is 0. The predicted molar refractivity (Wildman–Crippen MR) is 91.6 cm³/mol. The van der Waals surface area contributed by atoms with Crippen LogP contribution in [0.5, 0.6) is 17.2 Å². The van der Waals surface area contributed by atoms with Gasteiger partial charge in [-0.2, -0.15) is 0 Å². The molecule has 0 aromatic heterocycles. The minimum Gasteiger partial charge on any atom is -0.493 e. The van der Waals surface area contributed by atoms with Crippen molar-refractivity contribution in [2.75, 3.05) is 21.3 Å². The summed E-state index contributed by atoms with van der Waals surface area (Å²) in [4.78, 5) is 0. The van der Waals surface area contributed by atoms with E-state index in [9.17, 15) is 0 Å². The van der Waals surface area contributed by atoms with Gasteiger partial charge in [-0.15, -0.1) is 0 Å². The second kappa shape index (κ2) is 7.36. The van der Waals surface area contributed by atoms with E-state index in [1.165, 1.54) is 0 Å². The number of hydrogen-bond donors (Lipinski definition) is 0. The molecule has 0 fully saturated rings. The molecule has 0 saturated carbocycles. The van der Waals surface area contributed by atoms with E-state index in [-0.39, 0.29) is 0 Å². The highest BCUT2D eigenvalue weighted by Gasteiger charge is 2.11. The summed E-state index contributed by atoms with van der Waals surface area (Å²) in [6.45, 7) is 3.75. The number of hydrogen-bond acceptors (Lipinski definition) is 3. The molecule has 0 saturated heterocycles. The molecule has 3 nitrogen and oxygen atoms in total. The van der Waals surface area contributed by atoms with Crippen LogP contribution in [0.2, 0.25) is 0 Å². The fraction of sp³-hybridized carbons (Fsp3) is 0.158. The van der Waals surface area contributed by atoms with Crippen LogP contribution >= 0.6 is 0 Å². The molecule has 0 spiro atoms. The molecule has 0 heterocycles. The fourth-order valence-electron chi connectivity index (χ4n) is 2.13. The van der Waals surface area contributed by atoms with Crippen molar-refractivity contribution >= 4 is 18.2 Å². The van der Waals surface area contributed by atoms with Gasteiger partial charge in [-0.25, -0.2) is 0 Å². The first-order valence-electron chi connectivity index (χ1n) is 6.92. The normalized spacial score (nSPS) is 10.5. The Morgan fingerprint density at radius 2 is 1.23 bits per heavy atom. The summed E-state index contributed by atoms with van der Waals surface area (Å²) in [5.41, 5.74) is 3.19. The smallest absolute Gasteiger partial charge is 0.203 e. The van der Waals surface area contributed by atoms with Crippen molar-refractivity contribution in [2.45, 2.75) is 0 Å². The van der Waals surface area contributed by atoms with Crippen molar-refractivity contribution in [3.8, 4) is 17.2 Å². The first-order valence-corrected chi connectivity index (χ1v) is 6.92. The van der Waals surface area contributed by atoms with Gasteiger partial charge in [-0.1, -0.05) is 49.1 Å². The van der Waals surface area contributed by atoms with E-state index in [0.29, 0.717) is 17.2 Å². The molecule has 0 aliphatic carbocycles. The third-order valence-electron chi connectivity index (χ3n) is 3.33. The maximum absolute atomic E-state index is 5.35. The van der Waals surface area contributed by atoms with Gasteiger partial charge in [0.15, 0.2) is 11.5 Å². The molecule has 2 aromatic carbocycles. The molecule has 0 aliphatic rings. The van der Waals surface area contributed by atoms with E-state index in [0.717, 1.165) is 16.7 Å². The highest BCUT2D eigenvalue weighted by atomic mass is 16.5. The van der Waals surface area contributed by atoms with Crippen LogP contribution in [0.15, 0.2) is 43.0 Å². The van der Waals surface area contributed by atoms with Crippen LogP contribution in [0.3, 0.4) is 0 Å². The summed E-state index contributed by atoms with van der Waals surface area (Å²) in [5, 5.41) is 0. The maximum Gasteiger partial charge on any atom is 0.203 e. The number of rotatable bonds is 6. The van der Waals surface area contributed by atoms with Gasteiger partial charge in [-0.05, 0) is 28.8 Å². The summed E-state index contributed by atoms with van der Waals surface area (Å²) in [6, 6.07) is 12.0. The molecule has 0 aliphatic heterocycles. The Morgan fingerprint density at radius 1 is 0.727 bits per heavy atom. The maximum atomic E-state index is 5.35. The molecule has 0 N–H and O–H groups in total. The lowest BCUT2D eigenvalue weighted by molar-refractivity contribution is 0.324. The minimum atomic E-state index is 0.595. The Bertz CT molecular complexity index is 645. The molecule has 0 amide bonds. The summed E-state index contributed by atoms with van der Waals surface area (Å²) < 4.78 is 16.0. The van der Waals surface area contributed by atoms with Gasteiger partial charge in [0.1, 0.15) is 0 Å². The molecule has 0 atom stereocenters. The van der Waals surface area contributed by atoms with Gasteiger partial charge in [0.05, 0.1) is 21.3 Å². The standard InChI is InChI=1S/C19H20O3/c1-5-14-6-8-15(9-7-14)10-11-16-12-17(20-2)19(22-4)18(13-16)21-3/h5-13H,1H2,2-4H3/b11-10+. The van der Waals surface area contributed by atoms with E-state index in [1.54, 1.807) is 21.3 Å². The van der Waals surface area contributed by atoms with Crippen molar-refractivity contribution in [3.63, 3.8) is 0 Å². The molecule has 3 heteroatoms. The van der Waals surface area contributed by atoms with Crippen molar-refractivity contribution in [1.82, 2.24) is 0 Å². The molecule has 114 valence electrons. The van der Waals surface area contributed by atoms with E-state index in [2.05, 4.69) is 6.58 Å². The number of benzene rings is 2. The van der Waals surface area contributed by atoms with Crippen LogP contribution in [0.4, 0.5) is 0 Å². The van der Waals surface area contributed by atoms with Crippen LogP contribution in [0.25, 0.3) is 18.2 Å². The Morgan fingerprint density at radius 3 is 1.68 bits per heavy atom. The molecule has 0 unspecified atom stereocenters. The zero-order chi connectivity index (χ0) is 15.9. The van der Waals surface area contributed by atoms with Crippen molar-refractivity contribution in [3.05, 3.63) is 59.7 Å². The lowest BCUT2D eigenvalue weighted by Gasteiger charge is -2.12. The highest BCUT2D eigenvalue weighted by molar-refractivity contribution is 5.73. The Labute approximate surface area is 131 Å². The van der Waals surface area contributed by atoms with Crippen molar-refractivity contribution < 1.29 is 14.2 Å². The molecule has 0 radical (unpaired) electrons. The fourth-order valence-corrected chi connectivity index (χ4v) is 2.13. The Balaban J connectivity index is 2.31. The zero-order valence-electron chi connectivity index (χ0n) is 13.1. The van der Waals surface area contributed by atoms with Crippen LogP contribution in [0, 0.1) is 0 Å². The zero-order valence-corrected chi connectivity index (χ0v) is 13.1. The topological polar surface area (TPSA) is 27.7 Å². The largest absolute Gasteiger partial charge is 0.493 e. The third-order valence-corrected chi connectivity index (χ3v) is 3.33. The van der Waals surface area contributed by atoms with Gasteiger partial charge in [0, 0.05) is 0 Å². The average Bonchev–Trinajstić information content (AvgIpc) is 2.59. The Hall–Kier alpha value is -2.68. The second-order valence-corrected chi connectivity index (χ2v) is 4.66.